The van der Waals surface area contributed by atoms with E-state index in [1.54, 1.807) is 10.4 Å². The van der Waals surface area contributed by atoms with E-state index >= 15 is 0 Å². The van der Waals surface area contributed by atoms with Crippen LogP contribution < -0.4 is 4.74 Å². The molecule has 0 aliphatic carbocycles. The number of hydrogen-bond donors (Lipinski definition) is 2. The molecule has 1 N–H and O–H groups in total. The standard InChI is InChI=1S/C35H42ClN5O6SSi/c1-21-13-14-41(34(21)43)48-39-25-11-9-23(10-12-25)22-5-7-24(8-6-22)30-26(36)17-27-33(38-30)40(20-44-15-16-49(2,3)4)35(37-27)47-29-19-46-31-28(42)18-45-32(29)31/h5-12,17,21,28-29,31-32,42,48H,13-16,18-20H2,1-4H3/t21?,28-,29-,31-,32-/m1/s1. The van der Waals surface area contributed by atoms with Gasteiger partial charge in [0.15, 0.2) is 11.8 Å². The third-order valence-electron chi connectivity index (χ3n) is 9.17. The van der Waals surface area contributed by atoms with Crippen LogP contribution in [0.2, 0.25) is 30.7 Å². The third-order valence-corrected chi connectivity index (χ3v) is 12.1. The van der Waals surface area contributed by atoms with Crippen molar-refractivity contribution in [1.82, 2.24) is 18.8 Å². The molecule has 1 unspecified atom stereocenters. The van der Waals surface area contributed by atoms with Crippen LogP contribution in [0.5, 0.6) is 6.01 Å². The second-order valence-corrected chi connectivity index (χ2v) is 21.0. The zero-order valence-electron chi connectivity index (χ0n) is 28.1. The lowest BCUT2D eigenvalue weighted by Gasteiger charge is -2.19. The van der Waals surface area contributed by atoms with Gasteiger partial charge in [-0.05, 0) is 53.5 Å². The smallest absolute Gasteiger partial charge is 0.301 e. The van der Waals surface area contributed by atoms with E-state index in [1.807, 2.05) is 60.0 Å². The van der Waals surface area contributed by atoms with E-state index in [2.05, 4.69) is 24.0 Å². The Morgan fingerprint density at radius 3 is 2.41 bits per heavy atom. The molecule has 3 aliphatic heterocycles. The fraction of sp³-hybridized carbons (Fsp3) is 0.457. The first-order chi connectivity index (χ1) is 23.5. The predicted octanol–water partition coefficient (Wildman–Crippen LogP) is 6.05. The number of benzene rings is 2. The van der Waals surface area contributed by atoms with Gasteiger partial charge >= 0.3 is 6.01 Å². The fourth-order valence-corrected chi connectivity index (χ4v) is 8.01. The summed E-state index contributed by atoms with van der Waals surface area (Å²) < 4.78 is 32.3. The molecule has 5 atom stereocenters. The Hall–Kier alpha value is -3.17. The number of carbonyl (C=O) groups is 1. The summed E-state index contributed by atoms with van der Waals surface area (Å²) in [6.07, 6.45) is -1.01. The predicted molar refractivity (Wildman–Crippen MR) is 194 cm³/mol. The molecule has 0 bridgehead atoms. The van der Waals surface area contributed by atoms with Crippen LogP contribution in [0.15, 0.2) is 59.0 Å². The summed E-state index contributed by atoms with van der Waals surface area (Å²) in [6.45, 7) is 11.0. The van der Waals surface area contributed by atoms with Gasteiger partial charge in [-0.15, -0.1) is 0 Å². The molecule has 3 saturated heterocycles. The highest BCUT2D eigenvalue weighted by atomic mass is 35.5. The SMILES string of the molecule is CC1CCN([SH]=Nc2ccc(-c3ccc(-c4nc5c(cc4Cl)nc(O[C@@H]4CO[C@H]6[C@@H]4OC[C@H]6O)n5COCC[Si](C)(C)C)cc3)cc2)C1=O. The third kappa shape index (κ3) is 7.48. The average molecular weight is 724 g/mol. The Balaban J connectivity index is 1.12. The summed E-state index contributed by atoms with van der Waals surface area (Å²) in [4.78, 5) is 22.0. The number of nitrogens with zero attached hydrogens (tertiary/aromatic N) is 5. The van der Waals surface area contributed by atoms with E-state index < -0.39 is 26.4 Å². The molecule has 49 heavy (non-hydrogen) atoms. The Bertz CT molecular complexity index is 1850. The van der Waals surface area contributed by atoms with Gasteiger partial charge in [0.2, 0.25) is 5.91 Å². The first-order valence-corrected chi connectivity index (χ1v) is 21.6. The van der Waals surface area contributed by atoms with Gasteiger partial charge in [0.1, 0.15) is 30.6 Å². The van der Waals surface area contributed by atoms with Crippen LogP contribution in [0.1, 0.15) is 13.3 Å². The zero-order valence-corrected chi connectivity index (χ0v) is 30.7. The molecule has 14 heteroatoms. The van der Waals surface area contributed by atoms with Crippen LogP contribution in [0, 0.1) is 5.92 Å². The number of thiol groups is 1. The summed E-state index contributed by atoms with van der Waals surface area (Å²) in [6, 6.07) is 19.3. The van der Waals surface area contributed by atoms with Crippen molar-refractivity contribution in [2.45, 2.75) is 70.2 Å². The number of rotatable bonds is 11. The fourth-order valence-electron chi connectivity index (χ4n) is 6.17. The molecular formula is C35H42ClN5O6SSi. The minimum atomic E-state index is -1.29. The molecule has 0 radical (unpaired) electrons. The summed E-state index contributed by atoms with van der Waals surface area (Å²) in [5.41, 5.74) is 5.60. The number of fused-ring (bicyclic) bond motifs is 2. The van der Waals surface area contributed by atoms with Crippen molar-refractivity contribution in [1.29, 1.82) is 0 Å². The lowest BCUT2D eigenvalue weighted by atomic mass is 10.0. The molecule has 3 aliphatic rings. The van der Waals surface area contributed by atoms with Gasteiger partial charge in [-0.25, -0.2) is 9.35 Å². The summed E-state index contributed by atoms with van der Waals surface area (Å²) in [7, 11) is -1.29. The van der Waals surface area contributed by atoms with Crippen molar-refractivity contribution in [3.8, 4) is 28.4 Å². The summed E-state index contributed by atoms with van der Waals surface area (Å²) >= 11 is 7.49. The Labute approximate surface area is 295 Å². The molecule has 0 spiro atoms. The van der Waals surface area contributed by atoms with Gasteiger partial charge in [0, 0.05) is 32.7 Å². The van der Waals surface area contributed by atoms with Crippen molar-refractivity contribution >= 4 is 54.2 Å². The Kier molecular flexibility index (Phi) is 9.95. The van der Waals surface area contributed by atoms with Gasteiger partial charge in [0.05, 0.1) is 29.6 Å². The van der Waals surface area contributed by atoms with E-state index in [9.17, 15) is 9.90 Å². The van der Waals surface area contributed by atoms with E-state index in [-0.39, 0.29) is 37.9 Å². The second kappa shape index (κ2) is 14.2. The zero-order chi connectivity index (χ0) is 34.3. The minimum absolute atomic E-state index is 0.0799. The van der Waals surface area contributed by atoms with Crippen LogP contribution in [-0.2, 0) is 37.5 Å². The highest BCUT2D eigenvalue weighted by Crippen LogP contribution is 2.35. The number of imidazole rings is 1. The molecule has 260 valence electrons. The van der Waals surface area contributed by atoms with Crippen LogP contribution in [0.4, 0.5) is 5.69 Å². The van der Waals surface area contributed by atoms with Crippen LogP contribution >= 0.6 is 11.6 Å². The van der Waals surface area contributed by atoms with Crippen molar-refractivity contribution < 1.29 is 28.8 Å². The summed E-state index contributed by atoms with van der Waals surface area (Å²) in [5, 5.41) is 10.7. The summed E-state index contributed by atoms with van der Waals surface area (Å²) in [5.74, 6) is 0.244. The largest absolute Gasteiger partial charge is 0.456 e. The van der Waals surface area contributed by atoms with Crippen LogP contribution in [-0.4, -0.2) is 88.7 Å². The number of carbonyl (C=O) groups excluding carboxylic acids is 1. The van der Waals surface area contributed by atoms with E-state index in [1.165, 1.54) is 0 Å². The molecular weight excluding hydrogens is 682 g/mol. The number of pyridine rings is 1. The maximum Gasteiger partial charge on any atom is 0.301 e. The quantitative estimate of drug-likeness (QED) is 0.109. The van der Waals surface area contributed by atoms with Crippen molar-refractivity contribution in [2.75, 3.05) is 26.4 Å². The topological polar surface area (TPSA) is 121 Å². The highest BCUT2D eigenvalue weighted by molar-refractivity contribution is 7.66. The molecule has 5 heterocycles. The van der Waals surface area contributed by atoms with Crippen LogP contribution in [0.3, 0.4) is 0 Å². The monoisotopic (exact) mass is 723 g/mol. The van der Waals surface area contributed by atoms with Gasteiger partial charge < -0.3 is 24.1 Å². The molecule has 0 saturated carbocycles. The van der Waals surface area contributed by atoms with Crippen molar-refractivity contribution in [3.63, 3.8) is 0 Å². The van der Waals surface area contributed by atoms with Crippen LogP contribution in [0.25, 0.3) is 33.5 Å². The molecule has 4 aromatic rings. The molecule has 3 fully saturated rings. The molecule has 2 aromatic heterocycles. The molecule has 1 amide bonds. The number of halogens is 1. The number of ether oxygens (including phenoxy) is 4. The normalized spacial score (nSPS) is 24.2. The van der Waals surface area contributed by atoms with Crippen molar-refractivity contribution in [3.05, 3.63) is 59.6 Å². The van der Waals surface area contributed by atoms with Gasteiger partial charge in [-0.2, -0.15) is 4.98 Å². The lowest BCUT2D eigenvalue weighted by Crippen LogP contribution is -2.35. The van der Waals surface area contributed by atoms with Gasteiger partial charge in [-0.3, -0.25) is 13.7 Å². The van der Waals surface area contributed by atoms with Gasteiger partial charge in [-0.1, -0.05) is 74.6 Å². The first-order valence-electron chi connectivity index (χ1n) is 16.7. The second-order valence-electron chi connectivity index (χ2n) is 14.1. The number of aliphatic hydroxyl groups excluding tert-OH is 1. The van der Waals surface area contributed by atoms with Crippen molar-refractivity contribution in [2.24, 2.45) is 10.3 Å². The lowest BCUT2D eigenvalue weighted by molar-refractivity contribution is -0.126. The van der Waals surface area contributed by atoms with E-state index in [0.717, 1.165) is 41.4 Å². The number of amides is 1. The molecule has 11 nitrogen and oxygen atoms in total. The number of hydrogen-bond acceptors (Lipinski definition) is 9. The average Bonchev–Trinajstić information content (AvgIpc) is 3.83. The first kappa shape index (κ1) is 34.3. The maximum absolute atomic E-state index is 12.2. The minimum Gasteiger partial charge on any atom is -0.456 e. The molecule has 7 rings (SSSR count). The Morgan fingerprint density at radius 2 is 1.71 bits per heavy atom. The highest BCUT2D eigenvalue weighted by Gasteiger charge is 2.49. The van der Waals surface area contributed by atoms with E-state index in [0.29, 0.717) is 46.2 Å². The number of aromatic nitrogens is 3. The molecule has 2 aromatic carbocycles. The number of aliphatic hydroxyl groups is 1. The van der Waals surface area contributed by atoms with E-state index in [4.69, 9.17) is 40.5 Å². The Morgan fingerprint density at radius 1 is 1.02 bits per heavy atom. The maximum atomic E-state index is 12.2. The van der Waals surface area contributed by atoms with Gasteiger partial charge in [0.25, 0.3) is 0 Å².